The van der Waals surface area contributed by atoms with Gasteiger partial charge in [0, 0.05) is 18.6 Å². The molecule has 2 N–H and O–H groups in total. The number of nitrogens with one attached hydrogen (secondary N) is 1. The number of piperidine rings is 1. The number of hydrogen-bond donors (Lipinski definition) is 2. The maximum absolute atomic E-state index is 12.1. The Bertz CT molecular complexity index is 391. The Kier molecular flexibility index (Phi) is 5.55. The molecule has 0 radical (unpaired) electrons. The third-order valence-electron chi connectivity index (χ3n) is 4.39. The van der Waals surface area contributed by atoms with Crippen LogP contribution >= 0.6 is 0 Å². The van der Waals surface area contributed by atoms with Crippen molar-refractivity contribution in [3.05, 3.63) is 0 Å². The number of amides is 1. The molecule has 1 heterocycles. The van der Waals surface area contributed by atoms with Crippen LogP contribution in [0.4, 0.5) is 0 Å². The molecule has 1 aliphatic rings. The summed E-state index contributed by atoms with van der Waals surface area (Å²) in [6, 6.07) is 2.18. The zero-order valence-electron chi connectivity index (χ0n) is 13.1. The maximum Gasteiger partial charge on any atom is 0.235 e. The lowest BCUT2D eigenvalue weighted by molar-refractivity contribution is -0.124. The molecule has 1 rings (SSSR count). The van der Waals surface area contributed by atoms with Crippen molar-refractivity contribution < 1.29 is 9.90 Å². The van der Waals surface area contributed by atoms with Crippen molar-refractivity contribution in [2.24, 2.45) is 11.3 Å². The van der Waals surface area contributed by atoms with E-state index in [-0.39, 0.29) is 23.8 Å². The van der Waals surface area contributed by atoms with Gasteiger partial charge in [-0.25, -0.2) is 0 Å². The molecule has 5 nitrogen and oxygen atoms in total. The normalized spacial score (nSPS) is 26.9. The highest BCUT2D eigenvalue weighted by atomic mass is 16.3. The number of hydrogen-bond acceptors (Lipinski definition) is 4. The molecule has 0 aromatic heterocycles. The van der Waals surface area contributed by atoms with Gasteiger partial charge in [-0.1, -0.05) is 20.8 Å². The molecular weight excluding hydrogens is 254 g/mol. The third kappa shape index (κ3) is 4.19. The van der Waals surface area contributed by atoms with E-state index in [9.17, 15) is 15.2 Å². The van der Waals surface area contributed by atoms with Crippen LogP contribution in [0.15, 0.2) is 0 Å². The predicted molar refractivity (Wildman–Crippen MR) is 77.9 cm³/mol. The van der Waals surface area contributed by atoms with E-state index >= 15 is 0 Å². The number of aliphatic hydroxyl groups is 1. The molecule has 0 spiro atoms. The molecule has 0 aromatic rings. The Balaban J connectivity index is 2.57. The van der Waals surface area contributed by atoms with Crippen molar-refractivity contribution in [2.45, 2.75) is 46.1 Å². The van der Waals surface area contributed by atoms with E-state index in [0.717, 1.165) is 25.9 Å². The van der Waals surface area contributed by atoms with E-state index in [0.29, 0.717) is 6.54 Å². The van der Waals surface area contributed by atoms with Crippen LogP contribution in [0.3, 0.4) is 0 Å². The summed E-state index contributed by atoms with van der Waals surface area (Å²) in [6.07, 6.45) is 1.98. The fourth-order valence-electron chi connectivity index (χ4n) is 2.53. The summed E-state index contributed by atoms with van der Waals surface area (Å²) in [5, 5.41) is 21.5. The molecule has 5 heteroatoms. The van der Waals surface area contributed by atoms with Gasteiger partial charge in [0.1, 0.15) is 5.54 Å². The van der Waals surface area contributed by atoms with Crippen LogP contribution in [0.1, 0.15) is 40.5 Å². The summed E-state index contributed by atoms with van der Waals surface area (Å²) >= 11 is 0. The standard InChI is InChI=1S/C15H27N3O2/c1-12(2)15(4,9-16)17-13(20)8-18-7-5-6-14(3,10-18)11-19/h12,19H,5-8,10-11H2,1-4H3,(H,17,20). The highest BCUT2D eigenvalue weighted by molar-refractivity contribution is 5.79. The molecule has 1 saturated heterocycles. The van der Waals surface area contributed by atoms with Crippen molar-refractivity contribution >= 4 is 5.91 Å². The predicted octanol–water partition coefficient (Wildman–Crippen LogP) is 1.14. The fourth-order valence-corrected chi connectivity index (χ4v) is 2.53. The van der Waals surface area contributed by atoms with Gasteiger partial charge >= 0.3 is 0 Å². The molecule has 0 aliphatic carbocycles. The van der Waals surface area contributed by atoms with Gasteiger partial charge in [0.05, 0.1) is 12.6 Å². The van der Waals surface area contributed by atoms with Crippen LogP contribution < -0.4 is 5.32 Å². The highest BCUT2D eigenvalue weighted by Gasteiger charge is 2.33. The average molecular weight is 281 g/mol. The number of rotatable bonds is 5. The molecule has 0 aromatic carbocycles. The highest BCUT2D eigenvalue weighted by Crippen LogP contribution is 2.28. The van der Waals surface area contributed by atoms with Crippen LogP contribution in [0.25, 0.3) is 0 Å². The second kappa shape index (κ2) is 6.55. The van der Waals surface area contributed by atoms with Crippen LogP contribution in [-0.2, 0) is 4.79 Å². The summed E-state index contributed by atoms with van der Waals surface area (Å²) in [4.78, 5) is 14.2. The summed E-state index contributed by atoms with van der Waals surface area (Å²) in [7, 11) is 0. The third-order valence-corrected chi connectivity index (χ3v) is 4.39. The van der Waals surface area contributed by atoms with E-state index < -0.39 is 5.54 Å². The van der Waals surface area contributed by atoms with E-state index in [1.54, 1.807) is 6.92 Å². The SMILES string of the molecule is CC(C)C(C)(C#N)NC(=O)CN1CCCC(C)(CO)C1. The van der Waals surface area contributed by atoms with E-state index in [4.69, 9.17) is 0 Å². The summed E-state index contributed by atoms with van der Waals surface area (Å²) < 4.78 is 0. The number of nitrogens with zero attached hydrogens (tertiary/aromatic N) is 2. The van der Waals surface area contributed by atoms with Crippen molar-refractivity contribution in [3.8, 4) is 6.07 Å². The van der Waals surface area contributed by atoms with Gasteiger partial charge in [-0.2, -0.15) is 5.26 Å². The van der Waals surface area contributed by atoms with Crippen LogP contribution in [0.2, 0.25) is 0 Å². The minimum atomic E-state index is -0.826. The van der Waals surface area contributed by atoms with Gasteiger partial charge in [0.15, 0.2) is 0 Å². The molecule has 2 atom stereocenters. The first-order chi connectivity index (χ1) is 9.24. The fraction of sp³-hybridized carbons (Fsp3) is 0.867. The minimum Gasteiger partial charge on any atom is -0.396 e. The summed E-state index contributed by atoms with van der Waals surface area (Å²) in [5.74, 6) is -0.0644. The van der Waals surface area contributed by atoms with E-state index in [2.05, 4.69) is 16.3 Å². The second-order valence-corrected chi connectivity index (χ2v) is 6.80. The zero-order chi connectivity index (χ0) is 15.4. The first-order valence-electron chi connectivity index (χ1n) is 7.30. The lowest BCUT2D eigenvalue weighted by Gasteiger charge is -2.39. The number of aliphatic hydroxyl groups excluding tert-OH is 1. The first kappa shape index (κ1) is 16.9. The molecule has 20 heavy (non-hydrogen) atoms. The molecule has 114 valence electrons. The zero-order valence-corrected chi connectivity index (χ0v) is 13.1. The molecule has 0 bridgehead atoms. The molecule has 0 saturated carbocycles. The van der Waals surface area contributed by atoms with Crippen molar-refractivity contribution in [1.82, 2.24) is 10.2 Å². The lowest BCUT2D eigenvalue weighted by Crippen LogP contribution is -2.53. The quantitative estimate of drug-likeness (QED) is 0.792. The van der Waals surface area contributed by atoms with Gasteiger partial charge in [-0.15, -0.1) is 0 Å². The van der Waals surface area contributed by atoms with Crippen LogP contribution in [-0.4, -0.2) is 47.7 Å². The molecule has 1 amide bonds. The van der Waals surface area contributed by atoms with Crippen molar-refractivity contribution in [1.29, 1.82) is 5.26 Å². The molecular formula is C15H27N3O2. The van der Waals surface area contributed by atoms with Gasteiger partial charge in [-0.3, -0.25) is 9.69 Å². The Hall–Kier alpha value is -1.12. The largest absolute Gasteiger partial charge is 0.396 e. The van der Waals surface area contributed by atoms with Crippen molar-refractivity contribution in [3.63, 3.8) is 0 Å². The maximum atomic E-state index is 12.1. The number of carbonyl (C=O) groups excluding carboxylic acids is 1. The van der Waals surface area contributed by atoms with Gasteiger partial charge in [0.25, 0.3) is 0 Å². The Morgan fingerprint density at radius 2 is 2.25 bits per heavy atom. The van der Waals surface area contributed by atoms with Gasteiger partial charge in [0.2, 0.25) is 5.91 Å². The molecule has 2 unspecified atom stereocenters. The number of likely N-dealkylation sites (tertiary alicyclic amines) is 1. The van der Waals surface area contributed by atoms with Crippen LogP contribution in [0, 0.1) is 22.7 Å². The molecule has 1 fully saturated rings. The monoisotopic (exact) mass is 281 g/mol. The summed E-state index contributed by atoms with van der Waals surface area (Å²) in [6.45, 7) is 9.68. The smallest absolute Gasteiger partial charge is 0.235 e. The second-order valence-electron chi connectivity index (χ2n) is 6.80. The summed E-state index contributed by atoms with van der Waals surface area (Å²) in [5.41, 5.74) is -0.942. The minimum absolute atomic E-state index is 0.0560. The Labute approximate surface area is 122 Å². The number of carbonyl (C=O) groups is 1. The Morgan fingerprint density at radius 1 is 1.60 bits per heavy atom. The van der Waals surface area contributed by atoms with Gasteiger partial charge in [-0.05, 0) is 32.2 Å². The van der Waals surface area contributed by atoms with Gasteiger partial charge < -0.3 is 10.4 Å². The Morgan fingerprint density at radius 3 is 2.75 bits per heavy atom. The number of nitriles is 1. The van der Waals surface area contributed by atoms with E-state index in [1.807, 2.05) is 20.8 Å². The topological polar surface area (TPSA) is 76.4 Å². The lowest BCUT2D eigenvalue weighted by atomic mass is 9.83. The van der Waals surface area contributed by atoms with E-state index in [1.165, 1.54) is 0 Å². The first-order valence-corrected chi connectivity index (χ1v) is 7.30. The van der Waals surface area contributed by atoms with Crippen molar-refractivity contribution in [2.75, 3.05) is 26.2 Å². The van der Waals surface area contributed by atoms with Crippen LogP contribution in [0.5, 0.6) is 0 Å². The average Bonchev–Trinajstić information content (AvgIpc) is 2.38. The molecule has 1 aliphatic heterocycles.